The standard InChI is InChI=1S/C10H15F3O2/c1-7(2)3-8(14)9(15)10(4-11,5-12)6-13/h7H,3-6H2,1-2H3. The van der Waals surface area contributed by atoms with Crippen LogP contribution in [0.15, 0.2) is 0 Å². The van der Waals surface area contributed by atoms with E-state index in [2.05, 4.69) is 0 Å². The maximum Gasteiger partial charge on any atom is 0.212 e. The number of hydrogen-bond acceptors (Lipinski definition) is 2. The summed E-state index contributed by atoms with van der Waals surface area (Å²) in [6.45, 7) is -1.08. The number of ketones is 2. The number of hydrogen-bond donors (Lipinski definition) is 0. The van der Waals surface area contributed by atoms with Crippen LogP contribution in [0.5, 0.6) is 0 Å². The third kappa shape index (κ3) is 3.32. The van der Waals surface area contributed by atoms with Gasteiger partial charge in [-0.3, -0.25) is 9.59 Å². The summed E-state index contributed by atoms with van der Waals surface area (Å²) in [7, 11) is 0. The topological polar surface area (TPSA) is 34.1 Å². The highest BCUT2D eigenvalue weighted by atomic mass is 19.1. The normalized spacial score (nSPS) is 11.9. The van der Waals surface area contributed by atoms with Gasteiger partial charge in [-0.1, -0.05) is 13.8 Å². The Morgan fingerprint density at radius 3 is 1.73 bits per heavy atom. The summed E-state index contributed by atoms with van der Waals surface area (Å²) in [5.74, 6) is -2.28. The van der Waals surface area contributed by atoms with Crippen LogP contribution in [0.4, 0.5) is 13.2 Å². The molecule has 0 aromatic rings. The fourth-order valence-electron chi connectivity index (χ4n) is 1.05. The maximum atomic E-state index is 12.4. The van der Waals surface area contributed by atoms with Crippen LogP contribution in [0, 0.1) is 11.3 Å². The predicted octanol–water partition coefficient (Wildman–Crippen LogP) is 2.07. The van der Waals surface area contributed by atoms with E-state index in [0.29, 0.717) is 0 Å². The van der Waals surface area contributed by atoms with Crippen molar-refractivity contribution in [3.63, 3.8) is 0 Å². The highest BCUT2D eigenvalue weighted by molar-refractivity contribution is 6.39. The fraction of sp³-hybridized carbons (Fsp3) is 0.800. The number of halogens is 3. The Bertz CT molecular complexity index is 227. The Balaban J connectivity index is 4.71. The number of rotatable bonds is 7. The molecule has 0 N–H and O–H groups in total. The van der Waals surface area contributed by atoms with Crippen molar-refractivity contribution in [2.45, 2.75) is 20.3 Å². The molecule has 0 saturated carbocycles. The Morgan fingerprint density at radius 2 is 1.47 bits per heavy atom. The molecule has 0 bridgehead atoms. The summed E-state index contributed by atoms with van der Waals surface area (Å²) < 4.78 is 37.2. The van der Waals surface area contributed by atoms with Crippen molar-refractivity contribution in [2.75, 3.05) is 20.0 Å². The van der Waals surface area contributed by atoms with E-state index in [-0.39, 0.29) is 12.3 Å². The monoisotopic (exact) mass is 224 g/mol. The summed E-state index contributed by atoms with van der Waals surface area (Å²) in [4.78, 5) is 22.6. The van der Waals surface area contributed by atoms with Crippen LogP contribution in [0.2, 0.25) is 0 Å². The van der Waals surface area contributed by atoms with Gasteiger partial charge in [0.2, 0.25) is 5.78 Å². The lowest BCUT2D eigenvalue weighted by atomic mass is 9.83. The van der Waals surface area contributed by atoms with Crippen molar-refractivity contribution < 1.29 is 22.8 Å². The molecule has 0 fully saturated rings. The first kappa shape index (κ1) is 14.1. The molecule has 0 spiro atoms. The number of alkyl halides is 3. The third-order valence-electron chi connectivity index (χ3n) is 2.10. The van der Waals surface area contributed by atoms with E-state index in [1.807, 2.05) is 0 Å². The van der Waals surface area contributed by atoms with Crippen LogP contribution in [-0.2, 0) is 9.59 Å². The molecule has 0 atom stereocenters. The molecule has 0 rings (SSSR count). The molecule has 88 valence electrons. The number of Topliss-reactive ketones (excluding diaryl/α,β-unsaturated/α-hetero) is 2. The largest absolute Gasteiger partial charge is 0.291 e. The van der Waals surface area contributed by atoms with Gasteiger partial charge in [-0.15, -0.1) is 0 Å². The van der Waals surface area contributed by atoms with Crippen molar-refractivity contribution in [1.29, 1.82) is 0 Å². The minimum atomic E-state index is -2.40. The molecule has 0 amide bonds. The Kier molecular flexibility index (Phi) is 5.54. The van der Waals surface area contributed by atoms with Gasteiger partial charge < -0.3 is 0 Å². The average molecular weight is 224 g/mol. The molecular weight excluding hydrogens is 209 g/mol. The first-order valence-corrected chi connectivity index (χ1v) is 4.69. The summed E-state index contributed by atoms with van der Waals surface area (Å²) in [5.41, 5.74) is -2.40. The van der Waals surface area contributed by atoms with Crippen LogP contribution >= 0.6 is 0 Å². The van der Waals surface area contributed by atoms with Gasteiger partial charge >= 0.3 is 0 Å². The Hall–Kier alpha value is -0.870. The van der Waals surface area contributed by atoms with Gasteiger partial charge in [-0.05, 0) is 5.92 Å². The van der Waals surface area contributed by atoms with Crippen LogP contribution in [0.25, 0.3) is 0 Å². The van der Waals surface area contributed by atoms with Gasteiger partial charge in [0.1, 0.15) is 25.4 Å². The molecule has 0 unspecified atom stereocenters. The molecule has 0 aliphatic carbocycles. The molecule has 2 nitrogen and oxygen atoms in total. The summed E-state index contributed by atoms with van der Waals surface area (Å²) in [6, 6.07) is 0. The van der Waals surface area contributed by atoms with Crippen LogP contribution in [0.3, 0.4) is 0 Å². The highest BCUT2D eigenvalue weighted by Crippen LogP contribution is 2.23. The van der Waals surface area contributed by atoms with Gasteiger partial charge in [-0.2, -0.15) is 0 Å². The molecule has 5 heteroatoms. The van der Waals surface area contributed by atoms with E-state index in [4.69, 9.17) is 0 Å². The molecule has 0 aliphatic rings. The lowest BCUT2D eigenvalue weighted by Gasteiger charge is -2.21. The Morgan fingerprint density at radius 1 is 1.07 bits per heavy atom. The van der Waals surface area contributed by atoms with Crippen molar-refractivity contribution in [3.8, 4) is 0 Å². The minimum absolute atomic E-state index is 0.0991. The van der Waals surface area contributed by atoms with E-state index in [1.165, 1.54) is 0 Å². The highest BCUT2D eigenvalue weighted by Gasteiger charge is 2.42. The molecule has 0 aromatic heterocycles. The molecule has 0 aliphatic heterocycles. The van der Waals surface area contributed by atoms with Crippen molar-refractivity contribution in [1.82, 2.24) is 0 Å². The lowest BCUT2D eigenvalue weighted by molar-refractivity contribution is -0.145. The number of carbonyl (C=O) groups excluding carboxylic acids is 2. The van der Waals surface area contributed by atoms with Gasteiger partial charge in [0.15, 0.2) is 5.78 Å². The fourth-order valence-corrected chi connectivity index (χ4v) is 1.05. The summed E-state index contributed by atoms with van der Waals surface area (Å²) in [5, 5.41) is 0. The molecular formula is C10H15F3O2. The van der Waals surface area contributed by atoms with Gasteiger partial charge in [0.05, 0.1) is 0 Å². The smallest absolute Gasteiger partial charge is 0.212 e. The van der Waals surface area contributed by atoms with Crippen molar-refractivity contribution >= 4 is 11.6 Å². The predicted molar refractivity (Wildman–Crippen MR) is 49.8 cm³/mol. The van der Waals surface area contributed by atoms with Crippen molar-refractivity contribution in [3.05, 3.63) is 0 Å². The second kappa shape index (κ2) is 5.88. The molecule has 0 heterocycles. The molecule has 0 saturated heterocycles. The van der Waals surface area contributed by atoms with Crippen molar-refractivity contribution in [2.24, 2.45) is 11.3 Å². The van der Waals surface area contributed by atoms with Gasteiger partial charge in [0, 0.05) is 6.42 Å². The molecule has 0 aromatic carbocycles. The SMILES string of the molecule is CC(C)CC(=O)C(=O)C(CF)(CF)CF. The van der Waals surface area contributed by atoms with Crippen LogP contribution in [-0.4, -0.2) is 31.6 Å². The zero-order chi connectivity index (χ0) is 12.1. The van der Waals surface area contributed by atoms with Gasteiger partial charge in [-0.25, -0.2) is 13.2 Å². The van der Waals surface area contributed by atoms with Crippen LogP contribution in [0.1, 0.15) is 20.3 Å². The van der Waals surface area contributed by atoms with Gasteiger partial charge in [0.25, 0.3) is 0 Å². The zero-order valence-corrected chi connectivity index (χ0v) is 8.86. The minimum Gasteiger partial charge on any atom is -0.291 e. The second-order valence-corrected chi connectivity index (χ2v) is 4.03. The first-order chi connectivity index (χ1) is 6.93. The van der Waals surface area contributed by atoms with Crippen LogP contribution < -0.4 is 0 Å². The Labute approximate surface area is 86.8 Å². The van der Waals surface area contributed by atoms with E-state index in [0.717, 1.165) is 0 Å². The summed E-state index contributed by atoms with van der Waals surface area (Å²) in [6.07, 6.45) is -0.111. The van der Waals surface area contributed by atoms with E-state index in [9.17, 15) is 22.8 Å². The van der Waals surface area contributed by atoms with E-state index in [1.54, 1.807) is 13.8 Å². The van der Waals surface area contributed by atoms with E-state index < -0.39 is 37.0 Å². The summed E-state index contributed by atoms with van der Waals surface area (Å²) >= 11 is 0. The molecule has 0 radical (unpaired) electrons. The number of carbonyl (C=O) groups is 2. The lowest BCUT2D eigenvalue weighted by Crippen LogP contribution is -2.42. The third-order valence-corrected chi connectivity index (χ3v) is 2.10. The van der Waals surface area contributed by atoms with E-state index >= 15 is 0 Å². The maximum absolute atomic E-state index is 12.4. The zero-order valence-electron chi connectivity index (χ0n) is 8.86. The quantitative estimate of drug-likeness (QED) is 0.620. The second-order valence-electron chi connectivity index (χ2n) is 4.03. The average Bonchev–Trinajstić information content (AvgIpc) is 2.20. The molecule has 15 heavy (non-hydrogen) atoms. The first-order valence-electron chi connectivity index (χ1n) is 4.69.